The zero-order valence-electron chi connectivity index (χ0n) is 33.1. The van der Waals surface area contributed by atoms with Gasteiger partial charge in [-0.2, -0.15) is 0 Å². The Balaban J connectivity index is 3.23. The maximum Gasteiger partial charge on any atom is 0.145 e. The molecular formula is C36H70BSi7. The maximum absolute atomic E-state index is 2.86. The van der Waals surface area contributed by atoms with Crippen molar-refractivity contribution in [3.63, 3.8) is 0 Å². The zero-order valence-corrected chi connectivity index (χ0v) is 40.1. The van der Waals surface area contributed by atoms with Crippen LogP contribution in [0.3, 0.4) is 0 Å². The Morgan fingerprint density at radius 1 is 0.455 bits per heavy atom. The third-order valence-electron chi connectivity index (χ3n) is 9.47. The fourth-order valence-corrected chi connectivity index (χ4v) is 50.1. The highest BCUT2D eigenvalue weighted by molar-refractivity contribution is 7.14. The molecule has 2 rings (SSSR count). The first kappa shape index (κ1) is 40.2. The second-order valence-electron chi connectivity index (χ2n) is 20.7. The summed E-state index contributed by atoms with van der Waals surface area (Å²) in [4.78, 5) is 0. The van der Waals surface area contributed by atoms with Gasteiger partial charge >= 0.3 is 0 Å². The van der Waals surface area contributed by atoms with E-state index in [0.717, 1.165) is 24.9 Å². The molecule has 0 amide bonds. The van der Waals surface area contributed by atoms with Crippen LogP contribution in [0.1, 0.15) is 48.9 Å². The normalized spacial score (nSPS) is 14.3. The first-order valence-corrected chi connectivity index (χ1v) is 39.8. The third-order valence-corrected chi connectivity index (χ3v) is 38.7. The Labute approximate surface area is 285 Å². The molecule has 3 radical (unpaired) electrons. The minimum Gasteiger partial charge on any atom is -0.0852 e. The molecule has 44 heavy (non-hydrogen) atoms. The molecule has 0 aromatic heterocycles. The molecule has 0 saturated carbocycles. The van der Waals surface area contributed by atoms with Crippen LogP contribution < -0.4 is 10.6 Å². The van der Waals surface area contributed by atoms with Crippen molar-refractivity contribution in [1.29, 1.82) is 0 Å². The summed E-state index contributed by atoms with van der Waals surface area (Å²) in [5.74, 6) is 0. The molecule has 0 aliphatic rings. The molecule has 245 valence electrons. The van der Waals surface area contributed by atoms with Crippen LogP contribution in [0, 0.1) is 20.8 Å². The Hall–Kier alpha value is 0.0231. The van der Waals surface area contributed by atoms with Crippen molar-refractivity contribution in [3.8, 4) is 0 Å². The second kappa shape index (κ2) is 13.5. The lowest BCUT2D eigenvalue weighted by molar-refractivity contribution is 1.10. The summed E-state index contributed by atoms with van der Waals surface area (Å²) < 4.78 is 0. The molecule has 0 spiro atoms. The first-order valence-electron chi connectivity index (χ1n) is 17.2. The van der Waals surface area contributed by atoms with Crippen LogP contribution in [0.2, 0.25) is 118 Å². The van der Waals surface area contributed by atoms with Crippen molar-refractivity contribution in [3.05, 3.63) is 57.6 Å². The summed E-state index contributed by atoms with van der Waals surface area (Å²) >= 11 is 0. The number of hydrogen-bond donors (Lipinski definition) is 0. The second-order valence-corrected chi connectivity index (χ2v) is 55.3. The van der Waals surface area contributed by atoms with Crippen molar-refractivity contribution in [2.45, 2.75) is 154 Å². The lowest BCUT2D eigenvalue weighted by Gasteiger charge is -2.46. The Morgan fingerprint density at radius 2 is 0.750 bits per heavy atom. The average Bonchev–Trinajstić information content (AvgIpc) is 2.68. The van der Waals surface area contributed by atoms with Gasteiger partial charge in [0.05, 0.1) is 0 Å². The Morgan fingerprint density at radius 3 is 1.02 bits per heavy atom. The van der Waals surface area contributed by atoms with Gasteiger partial charge in [0.1, 0.15) is 6.87 Å². The quantitative estimate of drug-likeness (QED) is 0.193. The van der Waals surface area contributed by atoms with E-state index in [9.17, 15) is 0 Å². The summed E-state index contributed by atoms with van der Waals surface area (Å²) in [6, 6.07) is 10.5. The molecule has 0 aliphatic heterocycles. The lowest BCUT2D eigenvalue weighted by atomic mass is 9.84. The highest BCUT2D eigenvalue weighted by Crippen LogP contribution is 2.43. The number of aryl methyl sites for hydroxylation is 3. The van der Waals surface area contributed by atoms with E-state index in [1.807, 2.05) is 0 Å². The monoisotopic (exact) mass is 709 g/mol. The van der Waals surface area contributed by atoms with Gasteiger partial charge in [-0.15, -0.1) is 0 Å². The van der Waals surface area contributed by atoms with Crippen molar-refractivity contribution in [2.24, 2.45) is 0 Å². The topological polar surface area (TPSA) is 0 Å². The summed E-state index contributed by atoms with van der Waals surface area (Å²) in [5, 5.41) is 4.03. The minimum atomic E-state index is -1.53. The molecule has 0 atom stereocenters. The van der Waals surface area contributed by atoms with E-state index in [0.29, 0.717) is 0 Å². The van der Waals surface area contributed by atoms with Crippen molar-refractivity contribution in [1.82, 2.24) is 0 Å². The molecule has 8 heteroatoms. The summed E-state index contributed by atoms with van der Waals surface area (Å²) in [5.41, 5.74) is 11.1. The zero-order chi connectivity index (χ0) is 34.6. The predicted octanol–water partition coefficient (Wildman–Crippen LogP) is 10.4. The average molecular weight is 710 g/mol. The van der Waals surface area contributed by atoms with Crippen molar-refractivity contribution >= 4 is 75.4 Å². The summed E-state index contributed by atoms with van der Waals surface area (Å²) in [6.45, 7) is 57.6. The summed E-state index contributed by atoms with van der Waals surface area (Å²) in [6.07, 6.45) is 0. The van der Waals surface area contributed by atoms with Crippen LogP contribution in [-0.2, 0) is 0 Å². The van der Waals surface area contributed by atoms with E-state index in [2.05, 4.69) is 170 Å². The fourth-order valence-electron chi connectivity index (χ4n) is 9.83. The SMILES string of the molecule is Cc1cc(C)c([B][Si]c2c(C([Si](C)(C)C)[Si](C)(C)C)cc(C([Si](C)(C)C)[Si](C)(C)C)cc2C([Si](C)(C)C)[Si](C)(C)C)c(C)c1. The lowest BCUT2D eigenvalue weighted by Crippen LogP contribution is -2.54. The predicted molar refractivity (Wildman–Crippen MR) is 226 cm³/mol. The highest BCUT2D eigenvalue weighted by Gasteiger charge is 2.46. The van der Waals surface area contributed by atoms with E-state index < -0.39 is 48.4 Å². The van der Waals surface area contributed by atoms with Gasteiger partial charge in [-0.05, 0) is 41.8 Å². The maximum atomic E-state index is 2.86. The number of benzene rings is 2. The highest BCUT2D eigenvalue weighted by atomic mass is 28.4. The van der Waals surface area contributed by atoms with Crippen molar-refractivity contribution in [2.75, 3.05) is 0 Å². The Bertz CT molecular complexity index is 1190. The van der Waals surface area contributed by atoms with Crippen LogP contribution in [-0.4, -0.2) is 64.7 Å². The number of hydrogen-bond acceptors (Lipinski definition) is 0. The van der Waals surface area contributed by atoms with E-state index >= 15 is 0 Å². The van der Waals surface area contributed by atoms with Gasteiger partial charge in [-0.3, -0.25) is 0 Å². The molecule has 0 saturated heterocycles. The molecule has 2 aromatic rings. The van der Waals surface area contributed by atoms with Gasteiger partial charge in [0.2, 0.25) is 0 Å². The molecule has 0 bridgehead atoms. The van der Waals surface area contributed by atoms with E-state index in [1.165, 1.54) is 22.2 Å². The van der Waals surface area contributed by atoms with Crippen LogP contribution in [0.4, 0.5) is 0 Å². The molecule has 0 nitrogen and oxygen atoms in total. The minimum absolute atomic E-state index is 0.721. The molecule has 0 heterocycles. The molecule has 0 N–H and O–H groups in total. The van der Waals surface area contributed by atoms with Gasteiger partial charge in [0, 0.05) is 57.8 Å². The molecule has 0 fully saturated rings. The van der Waals surface area contributed by atoms with E-state index in [1.54, 1.807) is 21.9 Å². The molecule has 2 aromatic carbocycles. The van der Waals surface area contributed by atoms with Gasteiger partial charge in [-0.25, -0.2) is 0 Å². The Kier molecular flexibility index (Phi) is 12.3. The van der Waals surface area contributed by atoms with Gasteiger partial charge in [0.15, 0.2) is 0 Å². The van der Waals surface area contributed by atoms with Gasteiger partial charge in [-0.1, -0.05) is 181 Å². The molecular weight excluding hydrogens is 640 g/mol. The first-order chi connectivity index (χ1) is 19.4. The standard InChI is InChI=1S/C36H70BSi7/c1-26-22-27(2)32(28(3)23-26)37-38-33-30(35(41(10,11)12)42(13,14)15)24-29(34(39(4,5)6)40(7,8)9)25-31(33)36(43(16,17)18)44(19,20)21/h22-25,34-36H,1-21H3. The molecule has 0 unspecified atom stereocenters. The van der Waals surface area contributed by atoms with Crippen LogP contribution in [0.15, 0.2) is 24.3 Å². The third kappa shape index (κ3) is 9.78. The smallest absolute Gasteiger partial charge is 0.0852 e. The van der Waals surface area contributed by atoms with Crippen LogP contribution >= 0.6 is 0 Å². The summed E-state index contributed by atoms with van der Waals surface area (Å²) in [7, 11) is -8.35. The largest absolute Gasteiger partial charge is 0.145 e. The van der Waals surface area contributed by atoms with Crippen LogP contribution in [0.25, 0.3) is 0 Å². The van der Waals surface area contributed by atoms with Crippen LogP contribution in [0.5, 0.6) is 0 Å². The van der Waals surface area contributed by atoms with Crippen molar-refractivity contribution < 1.29 is 0 Å². The van der Waals surface area contributed by atoms with E-state index in [-0.39, 0.29) is 0 Å². The molecule has 0 aliphatic carbocycles. The number of rotatable bonds is 12. The van der Waals surface area contributed by atoms with E-state index in [4.69, 9.17) is 0 Å². The van der Waals surface area contributed by atoms with Gasteiger partial charge in [0.25, 0.3) is 0 Å². The fraction of sp³-hybridized carbons (Fsp3) is 0.667. The van der Waals surface area contributed by atoms with Gasteiger partial charge < -0.3 is 0 Å².